The molecule has 2 aromatic rings. The second kappa shape index (κ2) is 6.18. The maximum absolute atomic E-state index is 11.5. The number of carbonyl (C=O) groups excluding carboxylic acids is 1. The third kappa shape index (κ3) is 3.25. The molecule has 3 nitrogen and oxygen atoms in total. The van der Waals surface area contributed by atoms with Crippen molar-refractivity contribution >= 4 is 17.3 Å². The molecule has 0 aliphatic rings. The van der Waals surface area contributed by atoms with E-state index in [1.165, 1.54) is 33.6 Å². The number of benzene rings is 1. The number of ether oxygens (including phenoxy) is 1. The van der Waals surface area contributed by atoms with Gasteiger partial charge in [0, 0.05) is 10.9 Å². The zero-order chi connectivity index (χ0) is 14.7. The molecule has 1 aromatic heterocycles. The first-order valence-electron chi connectivity index (χ1n) is 6.69. The highest BCUT2D eigenvalue weighted by Crippen LogP contribution is 2.29. The summed E-state index contributed by atoms with van der Waals surface area (Å²) in [5, 5.41) is 2.82. The van der Waals surface area contributed by atoms with Crippen LogP contribution in [-0.2, 0) is 16.0 Å². The van der Waals surface area contributed by atoms with Crippen molar-refractivity contribution in [1.82, 2.24) is 4.98 Å². The first kappa shape index (κ1) is 14.7. The molecule has 0 fully saturated rings. The van der Waals surface area contributed by atoms with Crippen molar-refractivity contribution in [2.75, 3.05) is 6.61 Å². The number of aryl methyl sites for hydroxylation is 3. The second-order valence-corrected chi connectivity index (χ2v) is 5.82. The highest BCUT2D eigenvalue weighted by atomic mass is 32.1. The molecule has 1 heterocycles. The normalized spacial score (nSPS) is 10.6. The van der Waals surface area contributed by atoms with Crippen LogP contribution in [0.4, 0.5) is 0 Å². The number of carbonyl (C=O) groups is 1. The first-order valence-corrected chi connectivity index (χ1v) is 7.57. The Morgan fingerprint density at radius 1 is 1.25 bits per heavy atom. The van der Waals surface area contributed by atoms with Crippen LogP contribution in [0.1, 0.15) is 28.6 Å². The quantitative estimate of drug-likeness (QED) is 0.803. The molecule has 2 rings (SSSR count). The van der Waals surface area contributed by atoms with E-state index >= 15 is 0 Å². The van der Waals surface area contributed by atoms with Gasteiger partial charge < -0.3 is 4.74 Å². The van der Waals surface area contributed by atoms with Crippen LogP contribution in [0, 0.1) is 20.8 Å². The van der Waals surface area contributed by atoms with Gasteiger partial charge in [-0.1, -0.05) is 17.7 Å². The molecular weight excluding hydrogens is 270 g/mol. The smallest absolute Gasteiger partial charge is 0.312 e. The summed E-state index contributed by atoms with van der Waals surface area (Å²) in [4.78, 5) is 16.1. The van der Waals surface area contributed by atoms with Gasteiger partial charge in [-0.2, -0.15) is 0 Å². The molecule has 0 saturated heterocycles. The average Bonchev–Trinajstić information content (AvgIpc) is 2.76. The summed E-state index contributed by atoms with van der Waals surface area (Å²) < 4.78 is 4.95. The van der Waals surface area contributed by atoms with Crippen molar-refractivity contribution in [1.29, 1.82) is 0 Å². The van der Waals surface area contributed by atoms with Gasteiger partial charge in [-0.15, -0.1) is 11.3 Å². The SMILES string of the molecule is CCOC(=O)Cc1nc(-c2c(C)cc(C)cc2C)cs1. The number of aromatic nitrogens is 1. The summed E-state index contributed by atoms with van der Waals surface area (Å²) in [7, 11) is 0. The molecule has 0 atom stereocenters. The molecule has 0 amide bonds. The fourth-order valence-electron chi connectivity index (χ4n) is 2.43. The molecule has 0 spiro atoms. The topological polar surface area (TPSA) is 39.2 Å². The van der Waals surface area contributed by atoms with Crippen LogP contribution in [0.25, 0.3) is 11.3 Å². The van der Waals surface area contributed by atoms with Gasteiger partial charge in [0.1, 0.15) is 5.01 Å². The van der Waals surface area contributed by atoms with Crippen LogP contribution in [0.2, 0.25) is 0 Å². The maximum Gasteiger partial charge on any atom is 0.312 e. The average molecular weight is 289 g/mol. The number of hydrogen-bond donors (Lipinski definition) is 0. The fraction of sp³-hybridized carbons (Fsp3) is 0.375. The Morgan fingerprint density at radius 2 is 1.90 bits per heavy atom. The van der Waals surface area contributed by atoms with E-state index in [0.29, 0.717) is 6.61 Å². The largest absolute Gasteiger partial charge is 0.466 e. The van der Waals surface area contributed by atoms with Gasteiger partial charge in [0.05, 0.1) is 18.7 Å². The predicted molar refractivity (Wildman–Crippen MR) is 82.1 cm³/mol. The van der Waals surface area contributed by atoms with Crippen LogP contribution in [0.5, 0.6) is 0 Å². The predicted octanol–water partition coefficient (Wildman–Crippen LogP) is 3.84. The lowest BCUT2D eigenvalue weighted by Crippen LogP contribution is -2.07. The molecule has 0 N–H and O–H groups in total. The van der Waals surface area contributed by atoms with E-state index in [1.807, 2.05) is 12.3 Å². The van der Waals surface area contributed by atoms with Gasteiger partial charge in [0.2, 0.25) is 0 Å². The van der Waals surface area contributed by atoms with E-state index in [4.69, 9.17) is 4.74 Å². The van der Waals surface area contributed by atoms with Crippen molar-refractivity contribution in [2.24, 2.45) is 0 Å². The molecule has 0 unspecified atom stereocenters. The van der Waals surface area contributed by atoms with E-state index in [0.717, 1.165) is 10.7 Å². The monoisotopic (exact) mass is 289 g/mol. The highest BCUT2D eigenvalue weighted by molar-refractivity contribution is 7.10. The Balaban J connectivity index is 2.27. The molecule has 1 aromatic carbocycles. The van der Waals surface area contributed by atoms with Gasteiger partial charge in [0.15, 0.2) is 0 Å². The van der Waals surface area contributed by atoms with Gasteiger partial charge in [-0.05, 0) is 38.8 Å². The van der Waals surface area contributed by atoms with Crippen molar-refractivity contribution < 1.29 is 9.53 Å². The Hall–Kier alpha value is -1.68. The number of nitrogens with zero attached hydrogens (tertiary/aromatic N) is 1. The van der Waals surface area contributed by atoms with E-state index < -0.39 is 0 Å². The molecule has 0 bridgehead atoms. The summed E-state index contributed by atoms with van der Waals surface area (Å²) >= 11 is 1.51. The molecule has 0 aliphatic carbocycles. The van der Waals surface area contributed by atoms with Crippen LogP contribution in [-0.4, -0.2) is 17.6 Å². The third-order valence-corrected chi connectivity index (χ3v) is 3.93. The second-order valence-electron chi connectivity index (χ2n) is 4.88. The van der Waals surface area contributed by atoms with Crippen LogP contribution in [0.3, 0.4) is 0 Å². The Kier molecular flexibility index (Phi) is 4.55. The minimum absolute atomic E-state index is 0.217. The van der Waals surface area contributed by atoms with Crippen LogP contribution in [0.15, 0.2) is 17.5 Å². The van der Waals surface area contributed by atoms with E-state index in [1.54, 1.807) is 0 Å². The number of thiazole rings is 1. The first-order chi connectivity index (χ1) is 9.51. The number of rotatable bonds is 4. The van der Waals surface area contributed by atoms with Crippen LogP contribution < -0.4 is 0 Å². The maximum atomic E-state index is 11.5. The molecular formula is C16H19NO2S. The van der Waals surface area contributed by atoms with Gasteiger partial charge in [-0.25, -0.2) is 4.98 Å². The summed E-state index contributed by atoms with van der Waals surface area (Å²) in [6.07, 6.45) is 0.252. The van der Waals surface area contributed by atoms with Crippen molar-refractivity contribution in [3.05, 3.63) is 39.2 Å². The standard InChI is InChI=1S/C16H19NO2S/c1-5-19-15(18)8-14-17-13(9-20-14)16-11(3)6-10(2)7-12(16)4/h6-7,9H,5,8H2,1-4H3. The highest BCUT2D eigenvalue weighted by Gasteiger charge is 2.13. The zero-order valence-electron chi connectivity index (χ0n) is 12.3. The van der Waals surface area contributed by atoms with E-state index in [2.05, 4.69) is 37.9 Å². The minimum Gasteiger partial charge on any atom is -0.466 e. The van der Waals surface area contributed by atoms with Crippen LogP contribution >= 0.6 is 11.3 Å². The van der Waals surface area contributed by atoms with Crippen molar-refractivity contribution in [2.45, 2.75) is 34.1 Å². The third-order valence-electron chi connectivity index (χ3n) is 3.09. The summed E-state index contributed by atoms with van der Waals surface area (Å²) in [6, 6.07) is 4.32. The molecule has 0 radical (unpaired) electrons. The minimum atomic E-state index is -0.217. The lowest BCUT2D eigenvalue weighted by Gasteiger charge is -2.08. The zero-order valence-corrected chi connectivity index (χ0v) is 13.1. The summed E-state index contributed by atoms with van der Waals surface area (Å²) in [5.74, 6) is -0.217. The van der Waals surface area contributed by atoms with Gasteiger partial charge >= 0.3 is 5.97 Å². The molecule has 4 heteroatoms. The summed E-state index contributed by atoms with van der Waals surface area (Å²) in [6.45, 7) is 8.51. The van der Waals surface area contributed by atoms with E-state index in [9.17, 15) is 4.79 Å². The van der Waals surface area contributed by atoms with Crippen molar-refractivity contribution in [3.63, 3.8) is 0 Å². The van der Waals surface area contributed by atoms with E-state index in [-0.39, 0.29) is 12.4 Å². The van der Waals surface area contributed by atoms with Gasteiger partial charge in [0.25, 0.3) is 0 Å². The van der Waals surface area contributed by atoms with Crippen molar-refractivity contribution in [3.8, 4) is 11.3 Å². The number of hydrogen-bond acceptors (Lipinski definition) is 4. The fourth-order valence-corrected chi connectivity index (χ4v) is 3.20. The summed E-state index contributed by atoms with van der Waals surface area (Å²) in [5.41, 5.74) is 5.81. The molecule has 0 saturated carbocycles. The Bertz CT molecular complexity index is 608. The lowest BCUT2D eigenvalue weighted by atomic mass is 9.98. The molecule has 20 heavy (non-hydrogen) atoms. The van der Waals surface area contributed by atoms with Gasteiger partial charge in [-0.3, -0.25) is 4.79 Å². The Morgan fingerprint density at radius 3 is 2.50 bits per heavy atom. The lowest BCUT2D eigenvalue weighted by molar-refractivity contribution is -0.142. The number of esters is 1. The molecule has 0 aliphatic heterocycles. The Labute approximate surface area is 123 Å². The molecule has 106 valence electrons.